The molecule has 1 atom stereocenters. The van der Waals surface area contributed by atoms with E-state index in [1.54, 1.807) is 7.11 Å². The Labute approximate surface area is 149 Å². The van der Waals surface area contributed by atoms with Crippen molar-refractivity contribution in [2.45, 2.75) is 33.4 Å². The molecular formula is C20H26N2O3. The summed E-state index contributed by atoms with van der Waals surface area (Å²) < 4.78 is 10.8. The van der Waals surface area contributed by atoms with Crippen LogP contribution in [0.4, 0.5) is 5.69 Å². The largest absolute Gasteiger partial charge is 0.495 e. The molecule has 0 aliphatic rings. The van der Waals surface area contributed by atoms with Crippen molar-refractivity contribution < 1.29 is 14.3 Å². The molecule has 0 radical (unpaired) electrons. The molecule has 0 fully saturated rings. The minimum Gasteiger partial charge on any atom is -0.495 e. The van der Waals surface area contributed by atoms with Crippen LogP contribution in [-0.2, 0) is 11.3 Å². The summed E-state index contributed by atoms with van der Waals surface area (Å²) in [6, 6.07) is 14.0. The van der Waals surface area contributed by atoms with E-state index in [2.05, 4.69) is 23.6 Å². The van der Waals surface area contributed by atoms with Gasteiger partial charge < -0.3 is 20.1 Å². The minimum absolute atomic E-state index is 0.120. The number of rotatable bonds is 8. The summed E-state index contributed by atoms with van der Waals surface area (Å²) in [7, 11) is 1.59. The molecule has 0 aliphatic heterocycles. The summed E-state index contributed by atoms with van der Waals surface area (Å²) in [6.07, 6.45) is 0. The third-order valence-electron chi connectivity index (χ3n) is 3.86. The van der Waals surface area contributed by atoms with Gasteiger partial charge in [0.1, 0.15) is 11.5 Å². The first-order valence-electron chi connectivity index (χ1n) is 8.44. The third-order valence-corrected chi connectivity index (χ3v) is 3.86. The number of anilines is 1. The molecule has 2 aromatic carbocycles. The Morgan fingerprint density at radius 1 is 1.20 bits per heavy atom. The van der Waals surface area contributed by atoms with Gasteiger partial charge in [0.25, 0.3) is 0 Å². The highest BCUT2D eigenvalue weighted by atomic mass is 16.5. The summed E-state index contributed by atoms with van der Waals surface area (Å²) in [5, 5.41) is 6.30. The second-order valence-corrected chi connectivity index (χ2v) is 5.82. The van der Waals surface area contributed by atoms with Crippen molar-refractivity contribution in [2.24, 2.45) is 0 Å². The topological polar surface area (TPSA) is 59.6 Å². The Morgan fingerprint density at radius 2 is 2.00 bits per heavy atom. The molecule has 5 heteroatoms. The second kappa shape index (κ2) is 9.08. The number of hydrogen-bond donors (Lipinski definition) is 2. The Balaban J connectivity index is 2.06. The maximum Gasteiger partial charge on any atom is 0.221 e. The molecule has 25 heavy (non-hydrogen) atoms. The number of benzene rings is 2. The Morgan fingerprint density at radius 3 is 2.68 bits per heavy atom. The van der Waals surface area contributed by atoms with Crippen LogP contribution in [-0.4, -0.2) is 19.6 Å². The average Bonchev–Trinajstić information content (AvgIpc) is 2.60. The van der Waals surface area contributed by atoms with E-state index in [4.69, 9.17) is 9.47 Å². The van der Waals surface area contributed by atoms with Crippen molar-refractivity contribution >= 4 is 11.6 Å². The Bertz CT molecular complexity index is 716. The van der Waals surface area contributed by atoms with Gasteiger partial charge in [-0.25, -0.2) is 0 Å². The van der Waals surface area contributed by atoms with Gasteiger partial charge in [-0.3, -0.25) is 4.79 Å². The zero-order valence-electron chi connectivity index (χ0n) is 15.3. The molecule has 0 heterocycles. The van der Waals surface area contributed by atoms with Crippen LogP contribution in [0.3, 0.4) is 0 Å². The molecule has 1 unspecified atom stereocenters. The molecule has 2 N–H and O–H groups in total. The van der Waals surface area contributed by atoms with E-state index in [1.165, 1.54) is 6.92 Å². The van der Waals surface area contributed by atoms with Crippen LogP contribution in [0.5, 0.6) is 11.5 Å². The van der Waals surface area contributed by atoms with Crippen LogP contribution >= 0.6 is 0 Å². The molecule has 0 saturated carbocycles. The second-order valence-electron chi connectivity index (χ2n) is 5.82. The van der Waals surface area contributed by atoms with E-state index in [-0.39, 0.29) is 11.9 Å². The molecule has 0 bridgehead atoms. The molecule has 2 rings (SSSR count). The molecule has 1 amide bonds. The molecule has 2 aromatic rings. The SMILES string of the molecule is CCOc1cccc(CNC(C)c2ccc(OC)c(NC(C)=O)c2)c1. The van der Waals surface area contributed by atoms with Crippen molar-refractivity contribution in [3.8, 4) is 11.5 Å². The number of ether oxygens (including phenoxy) is 2. The van der Waals surface area contributed by atoms with Gasteiger partial charge >= 0.3 is 0 Å². The highest BCUT2D eigenvalue weighted by molar-refractivity contribution is 5.90. The van der Waals surface area contributed by atoms with Gasteiger partial charge in [-0.1, -0.05) is 18.2 Å². The molecule has 0 saturated heterocycles. The number of hydrogen-bond acceptors (Lipinski definition) is 4. The molecule has 5 nitrogen and oxygen atoms in total. The average molecular weight is 342 g/mol. The fraction of sp³-hybridized carbons (Fsp3) is 0.350. The molecular weight excluding hydrogens is 316 g/mol. The van der Waals surface area contributed by atoms with Crippen LogP contribution in [0.25, 0.3) is 0 Å². The summed E-state index contributed by atoms with van der Waals surface area (Å²) >= 11 is 0. The monoisotopic (exact) mass is 342 g/mol. The molecule has 0 spiro atoms. The number of amides is 1. The van der Waals surface area contributed by atoms with E-state index >= 15 is 0 Å². The number of carbonyl (C=O) groups excluding carboxylic acids is 1. The van der Waals surface area contributed by atoms with Crippen LogP contribution in [0.1, 0.15) is 37.9 Å². The first kappa shape index (κ1) is 18.8. The van der Waals surface area contributed by atoms with Gasteiger partial charge in [-0.2, -0.15) is 0 Å². The summed E-state index contributed by atoms with van der Waals surface area (Å²) in [5.74, 6) is 1.41. The lowest BCUT2D eigenvalue weighted by molar-refractivity contribution is -0.114. The lowest BCUT2D eigenvalue weighted by Crippen LogP contribution is -2.18. The summed E-state index contributed by atoms with van der Waals surface area (Å²) in [4.78, 5) is 11.4. The highest BCUT2D eigenvalue weighted by Crippen LogP contribution is 2.28. The molecule has 0 aromatic heterocycles. The quantitative estimate of drug-likeness (QED) is 0.764. The number of methoxy groups -OCH3 is 1. The van der Waals surface area contributed by atoms with Crippen molar-refractivity contribution in [3.05, 3.63) is 53.6 Å². The fourth-order valence-electron chi connectivity index (χ4n) is 2.58. The maximum absolute atomic E-state index is 11.4. The van der Waals surface area contributed by atoms with E-state index < -0.39 is 0 Å². The predicted molar refractivity (Wildman–Crippen MR) is 100 cm³/mol. The highest BCUT2D eigenvalue weighted by Gasteiger charge is 2.11. The maximum atomic E-state index is 11.4. The fourth-order valence-corrected chi connectivity index (χ4v) is 2.58. The molecule has 134 valence electrons. The minimum atomic E-state index is -0.121. The van der Waals surface area contributed by atoms with Gasteiger partial charge in [-0.05, 0) is 49.2 Å². The van der Waals surface area contributed by atoms with E-state index in [0.29, 0.717) is 18.0 Å². The van der Waals surface area contributed by atoms with Gasteiger partial charge in [0.2, 0.25) is 5.91 Å². The lowest BCUT2D eigenvalue weighted by Gasteiger charge is -2.17. The standard InChI is InChI=1S/C20H26N2O3/c1-5-25-18-8-6-7-16(11-18)13-21-14(2)17-9-10-20(24-4)19(12-17)22-15(3)23/h6-12,14,21H,5,13H2,1-4H3,(H,22,23). The van der Waals surface area contributed by atoms with Gasteiger partial charge in [0.05, 0.1) is 19.4 Å². The van der Waals surface area contributed by atoms with Gasteiger partial charge in [-0.15, -0.1) is 0 Å². The van der Waals surface area contributed by atoms with Crippen LogP contribution in [0.15, 0.2) is 42.5 Å². The van der Waals surface area contributed by atoms with Crippen molar-refractivity contribution in [2.75, 3.05) is 19.0 Å². The van der Waals surface area contributed by atoms with Crippen LogP contribution in [0.2, 0.25) is 0 Å². The summed E-state index contributed by atoms with van der Waals surface area (Å²) in [6.45, 7) is 6.93. The van der Waals surface area contributed by atoms with E-state index in [0.717, 1.165) is 23.4 Å². The smallest absolute Gasteiger partial charge is 0.221 e. The van der Waals surface area contributed by atoms with Crippen molar-refractivity contribution in [3.63, 3.8) is 0 Å². The Hall–Kier alpha value is -2.53. The number of carbonyl (C=O) groups is 1. The van der Waals surface area contributed by atoms with E-state index in [9.17, 15) is 4.79 Å². The number of nitrogens with one attached hydrogen (secondary N) is 2. The van der Waals surface area contributed by atoms with Crippen LogP contribution in [0, 0.1) is 0 Å². The summed E-state index contributed by atoms with van der Waals surface area (Å²) in [5.41, 5.74) is 2.92. The van der Waals surface area contributed by atoms with Crippen molar-refractivity contribution in [1.82, 2.24) is 5.32 Å². The zero-order valence-corrected chi connectivity index (χ0v) is 15.3. The normalized spacial score (nSPS) is 11.7. The van der Waals surface area contributed by atoms with E-state index in [1.807, 2.05) is 43.3 Å². The zero-order chi connectivity index (χ0) is 18.2. The molecule has 0 aliphatic carbocycles. The first-order chi connectivity index (χ1) is 12.0. The lowest BCUT2D eigenvalue weighted by atomic mass is 10.1. The van der Waals surface area contributed by atoms with Gasteiger partial charge in [0, 0.05) is 19.5 Å². The predicted octanol–water partition coefficient (Wildman–Crippen LogP) is 3.90. The van der Waals surface area contributed by atoms with Crippen molar-refractivity contribution in [1.29, 1.82) is 0 Å². The van der Waals surface area contributed by atoms with Crippen LogP contribution < -0.4 is 20.1 Å². The third kappa shape index (κ3) is 5.50. The van der Waals surface area contributed by atoms with Gasteiger partial charge in [0.15, 0.2) is 0 Å². The first-order valence-corrected chi connectivity index (χ1v) is 8.44. The Kier molecular flexibility index (Phi) is 6.83.